The Morgan fingerprint density at radius 1 is 0.897 bits per heavy atom. The zero-order valence-electron chi connectivity index (χ0n) is 15.0. The van der Waals surface area contributed by atoms with E-state index in [-0.39, 0.29) is 6.07 Å². The van der Waals surface area contributed by atoms with Gasteiger partial charge in [0.2, 0.25) is 0 Å². The molecule has 0 aliphatic carbocycles. The number of carbonyl (C=O) groups is 2. The number of nitrogens with zero attached hydrogens (tertiary/aromatic N) is 2. The fourth-order valence-corrected chi connectivity index (χ4v) is 2.54. The molecule has 0 unspecified atom stereocenters. The van der Waals surface area contributed by atoms with Crippen molar-refractivity contribution in [3.05, 3.63) is 62.7 Å². The lowest BCUT2D eigenvalue weighted by atomic mass is 10.1. The van der Waals surface area contributed by atoms with E-state index < -0.39 is 67.9 Å². The second-order valence-corrected chi connectivity index (χ2v) is 7.42. The minimum Gasteiger partial charge on any atom is -0.267 e. The quantitative estimate of drug-likeness (QED) is 0.235. The van der Waals surface area contributed by atoms with Crippen LogP contribution in [0.3, 0.4) is 0 Å². The minimum absolute atomic E-state index is 0.130. The van der Waals surface area contributed by atoms with Gasteiger partial charge in [-0.2, -0.15) is 0 Å². The molecular weight excluding hydrogens is 444 g/mol. The van der Waals surface area contributed by atoms with E-state index in [0.717, 1.165) is 0 Å². The Morgan fingerprint density at radius 3 is 2.00 bits per heavy atom. The van der Waals surface area contributed by atoms with Crippen LogP contribution in [0.2, 0.25) is 10.3 Å². The first kappa shape index (κ1) is 22.8. The molecule has 2 aromatic rings. The van der Waals surface area contributed by atoms with Crippen molar-refractivity contribution in [3.63, 3.8) is 0 Å². The Kier molecular flexibility index (Phi) is 6.39. The summed E-state index contributed by atoms with van der Waals surface area (Å²) in [5, 5.41) is -0.475. The third kappa shape index (κ3) is 4.59. The molecule has 0 atom stereocenters. The highest BCUT2D eigenvalue weighted by Gasteiger charge is 2.33. The van der Waals surface area contributed by atoms with E-state index in [1.54, 1.807) is 0 Å². The van der Waals surface area contributed by atoms with E-state index in [9.17, 15) is 31.5 Å². The zero-order chi connectivity index (χ0) is 22.3. The molecule has 29 heavy (non-hydrogen) atoms. The first-order chi connectivity index (χ1) is 13.3. The van der Waals surface area contributed by atoms with E-state index in [2.05, 4.69) is 4.98 Å². The van der Waals surface area contributed by atoms with Crippen molar-refractivity contribution in [1.29, 1.82) is 0 Å². The number of halogens is 7. The molecule has 1 heterocycles. The first-order valence-electron chi connectivity index (χ1n) is 7.75. The fraction of sp³-hybridized carbons (Fsp3) is 0.235. The summed E-state index contributed by atoms with van der Waals surface area (Å²) in [5.74, 6) is -11.7. The third-order valence-corrected chi connectivity index (χ3v) is 4.10. The van der Waals surface area contributed by atoms with E-state index >= 15 is 0 Å². The van der Waals surface area contributed by atoms with Gasteiger partial charge in [0.05, 0.1) is 16.7 Å². The van der Waals surface area contributed by atoms with Crippen LogP contribution in [-0.2, 0) is 0 Å². The molecule has 156 valence electrons. The van der Waals surface area contributed by atoms with Crippen molar-refractivity contribution in [2.45, 2.75) is 26.3 Å². The third-order valence-electron chi connectivity index (χ3n) is 3.55. The second-order valence-electron chi connectivity index (χ2n) is 6.70. The zero-order valence-corrected chi connectivity index (χ0v) is 16.5. The Balaban J connectivity index is 2.47. The maximum atomic E-state index is 13.9. The molecule has 0 aliphatic heterocycles. The van der Waals surface area contributed by atoms with E-state index in [1.807, 2.05) is 5.43 Å². The molecule has 0 spiro atoms. The number of hydrogen-bond acceptors (Lipinski definition) is 3. The summed E-state index contributed by atoms with van der Waals surface area (Å²) in [5.41, 5.74) is -0.952. The van der Waals surface area contributed by atoms with Crippen molar-refractivity contribution in [3.8, 4) is 0 Å². The van der Waals surface area contributed by atoms with Crippen LogP contribution < -0.4 is 5.43 Å². The predicted octanol–water partition coefficient (Wildman–Crippen LogP) is 4.67. The summed E-state index contributed by atoms with van der Waals surface area (Å²) in [6, 6.07) is 0.799. The molecule has 12 heteroatoms. The number of benzene rings is 1. The number of rotatable bonds is 2. The molecule has 1 aromatic heterocycles. The highest BCUT2D eigenvalue weighted by molar-refractivity contribution is 6.34. The second kappa shape index (κ2) is 8.11. The standard InChI is InChI=1S/C17H12Cl2F5N3O2/c1-17(2,3)27(16(29)7-5-9(21)14(19)25-13(7)18)26-15(28)6-4-8(20)11(23)12(24)10(6)22/h4-5H,1-3H3,(H,26,28). The van der Waals surface area contributed by atoms with Crippen molar-refractivity contribution < 1.29 is 31.5 Å². The summed E-state index contributed by atoms with van der Waals surface area (Å²) in [6.45, 7) is 4.29. The average molecular weight is 456 g/mol. The fourth-order valence-electron chi connectivity index (χ4n) is 2.14. The lowest BCUT2D eigenvalue weighted by Gasteiger charge is -2.35. The van der Waals surface area contributed by atoms with Crippen molar-refractivity contribution >= 4 is 35.0 Å². The number of aromatic nitrogens is 1. The van der Waals surface area contributed by atoms with Gasteiger partial charge < -0.3 is 0 Å². The van der Waals surface area contributed by atoms with E-state index in [4.69, 9.17) is 23.2 Å². The Hall–Kier alpha value is -2.46. The first-order valence-corrected chi connectivity index (χ1v) is 8.51. The number of nitrogens with one attached hydrogen (secondary N) is 1. The molecule has 2 rings (SSSR count). The van der Waals surface area contributed by atoms with Gasteiger partial charge in [0.25, 0.3) is 11.8 Å². The van der Waals surface area contributed by atoms with Gasteiger partial charge >= 0.3 is 0 Å². The molecule has 1 aromatic carbocycles. The number of pyridine rings is 1. The molecule has 0 aliphatic rings. The van der Waals surface area contributed by atoms with Gasteiger partial charge in [0.15, 0.2) is 34.2 Å². The summed E-state index contributed by atoms with van der Waals surface area (Å²) in [6.07, 6.45) is 0. The molecule has 1 N–H and O–H groups in total. The number of hydrazine groups is 1. The van der Waals surface area contributed by atoms with Gasteiger partial charge in [-0.25, -0.2) is 31.9 Å². The maximum absolute atomic E-state index is 13.9. The van der Waals surface area contributed by atoms with Gasteiger partial charge in [-0.15, -0.1) is 0 Å². The Morgan fingerprint density at radius 2 is 1.45 bits per heavy atom. The topological polar surface area (TPSA) is 62.3 Å². The van der Waals surface area contributed by atoms with Crippen LogP contribution in [0.15, 0.2) is 12.1 Å². The molecule has 0 fully saturated rings. The van der Waals surface area contributed by atoms with E-state index in [0.29, 0.717) is 11.1 Å². The molecule has 0 saturated carbocycles. The minimum atomic E-state index is -2.20. The van der Waals surface area contributed by atoms with E-state index in [1.165, 1.54) is 20.8 Å². The van der Waals surface area contributed by atoms with Crippen LogP contribution >= 0.6 is 23.2 Å². The Bertz CT molecular complexity index is 1010. The van der Waals surface area contributed by atoms with Crippen LogP contribution in [0, 0.1) is 29.1 Å². The summed E-state index contributed by atoms with van der Waals surface area (Å²) < 4.78 is 67.5. The van der Waals surface area contributed by atoms with Crippen LogP contribution in [0.5, 0.6) is 0 Å². The summed E-state index contributed by atoms with van der Waals surface area (Å²) in [7, 11) is 0. The van der Waals surface area contributed by atoms with Gasteiger partial charge in [0, 0.05) is 0 Å². The van der Waals surface area contributed by atoms with Crippen LogP contribution in [0.25, 0.3) is 0 Å². The monoisotopic (exact) mass is 455 g/mol. The normalized spacial score (nSPS) is 11.4. The molecular formula is C17H12Cl2F5N3O2. The van der Waals surface area contributed by atoms with Crippen LogP contribution in [0.4, 0.5) is 22.0 Å². The molecule has 5 nitrogen and oxygen atoms in total. The predicted molar refractivity (Wildman–Crippen MR) is 93.9 cm³/mol. The summed E-state index contributed by atoms with van der Waals surface area (Å²) in [4.78, 5) is 28.6. The Labute approximate surface area is 171 Å². The largest absolute Gasteiger partial charge is 0.276 e. The van der Waals surface area contributed by atoms with Crippen LogP contribution in [0.1, 0.15) is 41.5 Å². The van der Waals surface area contributed by atoms with Gasteiger partial charge in [-0.05, 0) is 32.9 Å². The smallest absolute Gasteiger partial charge is 0.267 e. The van der Waals surface area contributed by atoms with Gasteiger partial charge in [-0.3, -0.25) is 15.0 Å². The molecule has 2 amide bonds. The number of amides is 2. The highest BCUT2D eigenvalue weighted by Crippen LogP contribution is 2.25. The SMILES string of the molecule is CC(C)(C)N(NC(=O)c1cc(F)c(F)c(F)c1F)C(=O)c1cc(F)c(Cl)nc1Cl. The van der Waals surface area contributed by atoms with Crippen molar-refractivity contribution in [1.82, 2.24) is 15.4 Å². The molecule has 0 radical (unpaired) electrons. The van der Waals surface area contributed by atoms with Crippen molar-refractivity contribution in [2.24, 2.45) is 0 Å². The van der Waals surface area contributed by atoms with Crippen molar-refractivity contribution in [2.75, 3.05) is 0 Å². The number of carbonyl (C=O) groups excluding carboxylic acids is 2. The summed E-state index contributed by atoms with van der Waals surface area (Å²) >= 11 is 11.3. The highest BCUT2D eigenvalue weighted by atomic mass is 35.5. The lowest BCUT2D eigenvalue weighted by molar-refractivity contribution is 0.0356. The molecule has 0 saturated heterocycles. The van der Waals surface area contributed by atoms with Gasteiger partial charge in [-0.1, -0.05) is 23.2 Å². The average Bonchev–Trinajstić information content (AvgIpc) is 2.62. The number of hydrogen-bond donors (Lipinski definition) is 1. The van der Waals surface area contributed by atoms with Crippen LogP contribution in [-0.4, -0.2) is 27.3 Å². The maximum Gasteiger partial charge on any atom is 0.276 e. The van der Waals surface area contributed by atoms with Gasteiger partial charge in [0.1, 0.15) is 5.15 Å². The lowest BCUT2D eigenvalue weighted by Crippen LogP contribution is -2.56. The molecule has 0 bridgehead atoms.